The number of amides is 2. The van der Waals surface area contributed by atoms with E-state index in [0.717, 1.165) is 25.7 Å². The van der Waals surface area contributed by atoms with Crippen LogP contribution in [0.2, 0.25) is 0 Å². The lowest BCUT2D eigenvalue weighted by Gasteiger charge is -2.33. The second-order valence-electron chi connectivity index (χ2n) is 7.05. The van der Waals surface area contributed by atoms with Crippen molar-refractivity contribution >= 4 is 11.8 Å². The Balaban J connectivity index is 1.88. The Morgan fingerprint density at radius 2 is 2.09 bits per heavy atom. The summed E-state index contributed by atoms with van der Waals surface area (Å²) in [6.45, 7) is 2.95. The Hall–Kier alpha value is -1.61. The molecular formula is C17H26N4O2. The molecule has 6 nitrogen and oxygen atoms in total. The van der Waals surface area contributed by atoms with Crippen molar-refractivity contribution in [3.63, 3.8) is 0 Å². The monoisotopic (exact) mass is 318 g/mol. The van der Waals surface area contributed by atoms with Crippen molar-refractivity contribution in [2.75, 3.05) is 13.1 Å². The first-order valence-electron chi connectivity index (χ1n) is 8.89. The third-order valence-corrected chi connectivity index (χ3v) is 5.66. The lowest BCUT2D eigenvalue weighted by Crippen LogP contribution is -2.64. The molecule has 3 fully saturated rings. The maximum Gasteiger partial charge on any atom is 0.253 e. The molecule has 3 aliphatic rings. The fourth-order valence-corrected chi connectivity index (χ4v) is 4.52. The van der Waals surface area contributed by atoms with Gasteiger partial charge in [0.05, 0.1) is 6.07 Å². The molecule has 0 aromatic rings. The molecule has 0 aromatic carbocycles. The van der Waals surface area contributed by atoms with Gasteiger partial charge >= 0.3 is 0 Å². The Morgan fingerprint density at radius 1 is 1.30 bits per heavy atom. The number of nitrogens with zero attached hydrogens (tertiary/aromatic N) is 2. The summed E-state index contributed by atoms with van der Waals surface area (Å²) >= 11 is 0. The summed E-state index contributed by atoms with van der Waals surface area (Å²) in [5, 5.41) is 15.5. The summed E-state index contributed by atoms with van der Waals surface area (Å²) in [5.74, 6) is -0.0247. The van der Waals surface area contributed by atoms with Crippen LogP contribution in [0, 0.1) is 17.2 Å². The predicted molar refractivity (Wildman–Crippen MR) is 85.3 cm³/mol. The normalized spacial score (nSPS) is 36.3. The number of nitriles is 1. The van der Waals surface area contributed by atoms with Gasteiger partial charge in [-0.15, -0.1) is 0 Å². The second-order valence-corrected chi connectivity index (χ2v) is 7.05. The lowest BCUT2D eigenvalue weighted by atomic mass is 9.82. The fourth-order valence-electron chi connectivity index (χ4n) is 4.52. The van der Waals surface area contributed by atoms with Crippen molar-refractivity contribution in [3.05, 3.63) is 0 Å². The maximum atomic E-state index is 13.3. The van der Waals surface area contributed by atoms with Gasteiger partial charge < -0.3 is 10.2 Å². The van der Waals surface area contributed by atoms with Crippen LogP contribution in [0.4, 0.5) is 0 Å². The van der Waals surface area contributed by atoms with Crippen LogP contribution in [0.3, 0.4) is 0 Å². The molecule has 3 rings (SSSR count). The number of likely N-dealkylation sites (tertiary alicyclic amines) is 1. The molecule has 2 amide bonds. The largest absolute Gasteiger partial charge is 0.354 e. The van der Waals surface area contributed by atoms with E-state index in [1.54, 1.807) is 4.90 Å². The minimum atomic E-state index is -1.17. The highest BCUT2D eigenvalue weighted by Gasteiger charge is 2.57. The summed E-state index contributed by atoms with van der Waals surface area (Å²) < 4.78 is 0. The topological polar surface area (TPSA) is 85.2 Å². The molecule has 4 atom stereocenters. The van der Waals surface area contributed by atoms with Crippen LogP contribution < -0.4 is 10.6 Å². The smallest absolute Gasteiger partial charge is 0.253 e. The molecule has 2 aliphatic heterocycles. The van der Waals surface area contributed by atoms with Crippen molar-refractivity contribution in [3.8, 4) is 6.07 Å². The van der Waals surface area contributed by atoms with E-state index in [9.17, 15) is 14.9 Å². The van der Waals surface area contributed by atoms with E-state index in [0.29, 0.717) is 31.8 Å². The van der Waals surface area contributed by atoms with E-state index in [2.05, 4.69) is 16.7 Å². The van der Waals surface area contributed by atoms with E-state index in [1.165, 1.54) is 6.42 Å². The van der Waals surface area contributed by atoms with E-state index in [-0.39, 0.29) is 17.9 Å². The fraction of sp³-hybridized carbons (Fsp3) is 0.824. The van der Waals surface area contributed by atoms with Crippen LogP contribution in [0.25, 0.3) is 0 Å². The third kappa shape index (κ3) is 2.72. The van der Waals surface area contributed by atoms with Crippen LogP contribution in [0.1, 0.15) is 51.9 Å². The Kier molecular flexibility index (Phi) is 4.58. The zero-order valence-electron chi connectivity index (χ0n) is 13.8. The molecule has 126 valence electrons. The van der Waals surface area contributed by atoms with E-state index >= 15 is 0 Å². The summed E-state index contributed by atoms with van der Waals surface area (Å²) in [7, 11) is 0. The number of likely N-dealkylation sites (N-methyl/N-ethyl adjacent to an activating group) is 1. The first kappa shape index (κ1) is 16.3. The molecule has 2 heterocycles. The van der Waals surface area contributed by atoms with Crippen molar-refractivity contribution in [1.82, 2.24) is 15.5 Å². The molecule has 0 bridgehead atoms. The number of hydrogen-bond donors (Lipinski definition) is 2. The van der Waals surface area contributed by atoms with E-state index in [4.69, 9.17) is 0 Å². The summed E-state index contributed by atoms with van der Waals surface area (Å²) in [6.07, 6.45) is 6.54. The number of rotatable bonds is 3. The van der Waals surface area contributed by atoms with Crippen LogP contribution >= 0.6 is 0 Å². The highest BCUT2D eigenvalue weighted by molar-refractivity contribution is 6.10. The van der Waals surface area contributed by atoms with Crippen LogP contribution in [-0.4, -0.2) is 47.4 Å². The van der Waals surface area contributed by atoms with Gasteiger partial charge in [0.25, 0.3) is 5.91 Å². The second kappa shape index (κ2) is 6.48. The molecular weight excluding hydrogens is 292 g/mol. The van der Waals surface area contributed by atoms with Crippen molar-refractivity contribution in [1.29, 1.82) is 5.26 Å². The zero-order valence-corrected chi connectivity index (χ0v) is 13.8. The van der Waals surface area contributed by atoms with Gasteiger partial charge in [0.2, 0.25) is 5.91 Å². The molecule has 2 N–H and O–H groups in total. The van der Waals surface area contributed by atoms with Gasteiger partial charge in [-0.2, -0.15) is 5.26 Å². The van der Waals surface area contributed by atoms with Gasteiger partial charge in [0, 0.05) is 19.1 Å². The van der Waals surface area contributed by atoms with Gasteiger partial charge in [-0.05, 0) is 44.9 Å². The van der Waals surface area contributed by atoms with Gasteiger partial charge in [0.1, 0.15) is 6.04 Å². The average Bonchev–Trinajstić information content (AvgIpc) is 3.19. The summed E-state index contributed by atoms with van der Waals surface area (Å²) in [4.78, 5) is 27.7. The molecule has 1 saturated carbocycles. The Labute approximate surface area is 137 Å². The first-order valence-corrected chi connectivity index (χ1v) is 8.89. The van der Waals surface area contributed by atoms with E-state index in [1.807, 2.05) is 6.92 Å². The average molecular weight is 318 g/mol. The van der Waals surface area contributed by atoms with Gasteiger partial charge in [-0.25, -0.2) is 0 Å². The Bertz CT molecular complexity index is 513. The molecule has 1 aliphatic carbocycles. The molecule has 0 spiro atoms. The first-order chi connectivity index (χ1) is 11.1. The molecule has 3 unspecified atom stereocenters. The third-order valence-electron chi connectivity index (χ3n) is 5.66. The van der Waals surface area contributed by atoms with Gasteiger partial charge in [-0.3, -0.25) is 14.9 Å². The van der Waals surface area contributed by atoms with Gasteiger partial charge in [0.15, 0.2) is 5.54 Å². The quantitative estimate of drug-likeness (QED) is 0.758. The summed E-state index contributed by atoms with van der Waals surface area (Å²) in [6, 6.07) is 2.07. The predicted octanol–water partition coefficient (Wildman–Crippen LogP) is 0.928. The minimum Gasteiger partial charge on any atom is -0.354 e. The minimum absolute atomic E-state index is 0.193. The Morgan fingerprint density at radius 3 is 2.78 bits per heavy atom. The number of carbonyl (C=O) groups is 2. The van der Waals surface area contributed by atoms with Gasteiger partial charge in [-0.1, -0.05) is 12.8 Å². The molecule has 2 saturated heterocycles. The summed E-state index contributed by atoms with van der Waals surface area (Å²) in [5.41, 5.74) is -1.17. The van der Waals surface area contributed by atoms with E-state index < -0.39 is 11.6 Å². The highest BCUT2D eigenvalue weighted by atomic mass is 16.2. The zero-order chi connectivity index (χ0) is 16.4. The van der Waals surface area contributed by atoms with Crippen molar-refractivity contribution in [2.24, 2.45) is 5.92 Å². The van der Waals surface area contributed by atoms with Crippen LogP contribution in [0.15, 0.2) is 0 Å². The SMILES string of the molecule is CCNC(=O)[C@]1(C(=O)N2CCCC2C#N)CC2CCCCC2N1. The number of fused-ring (bicyclic) bond motifs is 1. The number of hydrogen-bond acceptors (Lipinski definition) is 4. The number of carbonyl (C=O) groups excluding carboxylic acids is 2. The molecule has 6 heteroatoms. The standard InChI is InChI=1S/C17H26N4O2/c1-2-19-15(22)17(10-12-6-3-4-8-14(12)20-17)16(23)21-9-5-7-13(21)11-18/h12-14,20H,2-10H2,1H3,(H,19,22)/t12?,13?,14?,17-/m0/s1. The van der Waals surface area contributed by atoms with Crippen LogP contribution in [0.5, 0.6) is 0 Å². The molecule has 0 aromatic heterocycles. The lowest BCUT2D eigenvalue weighted by molar-refractivity contribution is -0.145. The van der Waals surface area contributed by atoms with Crippen LogP contribution in [-0.2, 0) is 9.59 Å². The van der Waals surface area contributed by atoms with Crippen molar-refractivity contribution < 1.29 is 9.59 Å². The number of nitrogens with one attached hydrogen (secondary N) is 2. The maximum absolute atomic E-state index is 13.3. The van der Waals surface area contributed by atoms with Crippen molar-refractivity contribution in [2.45, 2.75) is 69.5 Å². The molecule has 0 radical (unpaired) electrons. The molecule has 23 heavy (non-hydrogen) atoms. The highest BCUT2D eigenvalue weighted by Crippen LogP contribution is 2.40.